The summed E-state index contributed by atoms with van der Waals surface area (Å²) in [6.45, 7) is 1.49. The molecule has 1 atom stereocenters. The molecule has 0 aromatic heterocycles. The highest BCUT2D eigenvalue weighted by Gasteiger charge is 2.30. The van der Waals surface area contributed by atoms with Gasteiger partial charge in [0.05, 0.1) is 6.54 Å². The highest BCUT2D eigenvalue weighted by Crippen LogP contribution is 2.34. The Morgan fingerprint density at radius 2 is 1.15 bits per heavy atom. The van der Waals surface area contributed by atoms with E-state index in [0.717, 1.165) is 28.8 Å². The fourth-order valence-electron chi connectivity index (χ4n) is 3.99. The lowest BCUT2D eigenvalue weighted by molar-refractivity contribution is 0.0865. The van der Waals surface area contributed by atoms with E-state index in [1.54, 1.807) is 0 Å². The van der Waals surface area contributed by atoms with Crippen molar-refractivity contribution in [3.05, 3.63) is 132 Å². The van der Waals surface area contributed by atoms with Gasteiger partial charge in [0, 0.05) is 13.0 Å². The Bertz CT molecular complexity index is 1190. The number of nitrogens with zero attached hydrogens (tertiary/aromatic N) is 1. The first-order chi connectivity index (χ1) is 16.1. The summed E-state index contributed by atoms with van der Waals surface area (Å²) in [5.41, 5.74) is 4.09. The van der Waals surface area contributed by atoms with Crippen LogP contribution in [0.25, 0.3) is 11.1 Å². The fourth-order valence-corrected chi connectivity index (χ4v) is 3.99. The Labute approximate surface area is 197 Å². The van der Waals surface area contributed by atoms with Crippen LogP contribution in [0, 0.1) is 11.8 Å². The summed E-state index contributed by atoms with van der Waals surface area (Å²) in [6.07, 6.45) is 0.334. The molecule has 4 aromatic rings. The van der Waals surface area contributed by atoms with Crippen molar-refractivity contribution in [3.8, 4) is 23.0 Å². The third-order valence-corrected chi connectivity index (χ3v) is 5.83. The predicted octanol–water partition coefficient (Wildman–Crippen LogP) is 6.12. The van der Waals surface area contributed by atoms with Crippen molar-refractivity contribution in [2.75, 3.05) is 13.6 Å². The summed E-state index contributed by atoms with van der Waals surface area (Å²) < 4.78 is 0. The first-order valence-corrected chi connectivity index (χ1v) is 11.3. The van der Waals surface area contributed by atoms with E-state index in [1.165, 1.54) is 5.56 Å². The van der Waals surface area contributed by atoms with Crippen molar-refractivity contribution in [2.45, 2.75) is 18.6 Å². The maximum absolute atomic E-state index is 11.8. The van der Waals surface area contributed by atoms with Crippen LogP contribution in [0.2, 0.25) is 0 Å². The Morgan fingerprint density at radius 1 is 0.636 bits per heavy atom. The lowest BCUT2D eigenvalue weighted by Crippen LogP contribution is -2.27. The maximum atomic E-state index is 11.8. The van der Waals surface area contributed by atoms with Gasteiger partial charge in [-0.3, -0.25) is 4.90 Å². The highest BCUT2D eigenvalue weighted by atomic mass is 16.3. The summed E-state index contributed by atoms with van der Waals surface area (Å²) in [7, 11) is 2.06. The van der Waals surface area contributed by atoms with Gasteiger partial charge in [-0.2, -0.15) is 0 Å². The van der Waals surface area contributed by atoms with Crippen LogP contribution in [0.15, 0.2) is 115 Å². The second-order valence-corrected chi connectivity index (χ2v) is 8.36. The Kier molecular flexibility index (Phi) is 7.37. The molecule has 2 nitrogen and oxygen atoms in total. The minimum Gasteiger partial charge on any atom is -0.379 e. The zero-order chi connectivity index (χ0) is 22.9. The van der Waals surface area contributed by atoms with E-state index < -0.39 is 5.60 Å². The average Bonchev–Trinajstić information content (AvgIpc) is 2.88. The smallest absolute Gasteiger partial charge is 0.125 e. The third kappa shape index (κ3) is 5.79. The van der Waals surface area contributed by atoms with Gasteiger partial charge in [-0.15, -0.1) is 0 Å². The summed E-state index contributed by atoms with van der Waals surface area (Å²) >= 11 is 0. The number of hydrogen-bond acceptors (Lipinski definition) is 2. The number of hydrogen-bond donors (Lipinski definition) is 1. The molecular formula is C31H29NO. The van der Waals surface area contributed by atoms with Crippen molar-refractivity contribution in [3.63, 3.8) is 0 Å². The van der Waals surface area contributed by atoms with Crippen molar-refractivity contribution in [1.29, 1.82) is 0 Å². The van der Waals surface area contributed by atoms with Crippen LogP contribution in [0.1, 0.15) is 23.1 Å². The summed E-state index contributed by atoms with van der Waals surface area (Å²) in [4.78, 5) is 2.18. The fraction of sp³-hybridized carbons (Fsp3) is 0.161. The number of rotatable bonds is 7. The molecule has 1 N–H and O–H groups in total. The van der Waals surface area contributed by atoms with Gasteiger partial charge in [0.1, 0.15) is 5.60 Å². The molecule has 0 bridgehead atoms. The lowest BCUT2D eigenvalue weighted by Gasteiger charge is -2.27. The Morgan fingerprint density at radius 3 is 1.79 bits per heavy atom. The predicted molar refractivity (Wildman–Crippen MR) is 136 cm³/mol. The average molecular weight is 432 g/mol. The molecule has 0 aliphatic heterocycles. The van der Waals surface area contributed by atoms with Gasteiger partial charge in [-0.25, -0.2) is 0 Å². The molecule has 0 saturated carbocycles. The first kappa shape index (κ1) is 22.6. The molecule has 0 aliphatic rings. The monoisotopic (exact) mass is 431 g/mol. The van der Waals surface area contributed by atoms with Gasteiger partial charge in [-0.05, 0) is 34.9 Å². The van der Waals surface area contributed by atoms with Gasteiger partial charge in [0.2, 0.25) is 0 Å². The van der Waals surface area contributed by atoms with Gasteiger partial charge < -0.3 is 5.11 Å². The van der Waals surface area contributed by atoms with Crippen LogP contribution in [-0.4, -0.2) is 23.6 Å². The lowest BCUT2D eigenvalue weighted by atomic mass is 9.83. The van der Waals surface area contributed by atoms with Gasteiger partial charge >= 0.3 is 0 Å². The standard InChI is InChI=1S/C31H29NO/c1-32(25-26-13-5-2-6-14-26)24-12-11-23-31(33,29-17-9-4-10-18-29)30-21-19-28(20-22-30)27-15-7-3-8-16-27/h2-10,13-22,33H,23-25H2,1H3/t31-/m0/s1. The topological polar surface area (TPSA) is 23.5 Å². The number of benzene rings is 4. The minimum absolute atomic E-state index is 0.334. The third-order valence-electron chi connectivity index (χ3n) is 5.83. The molecular weight excluding hydrogens is 402 g/mol. The first-order valence-electron chi connectivity index (χ1n) is 11.3. The van der Waals surface area contributed by atoms with Crippen molar-refractivity contribution >= 4 is 0 Å². The number of aliphatic hydroxyl groups is 1. The molecule has 0 spiro atoms. The van der Waals surface area contributed by atoms with E-state index in [-0.39, 0.29) is 0 Å². The molecule has 0 aliphatic carbocycles. The van der Waals surface area contributed by atoms with Crippen molar-refractivity contribution in [1.82, 2.24) is 4.90 Å². The Hall–Kier alpha value is -3.64. The maximum Gasteiger partial charge on any atom is 0.125 e. The van der Waals surface area contributed by atoms with E-state index in [2.05, 4.69) is 72.3 Å². The summed E-state index contributed by atoms with van der Waals surface area (Å²) in [6, 6.07) is 38.6. The van der Waals surface area contributed by atoms with Gasteiger partial charge in [0.25, 0.3) is 0 Å². The van der Waals surface area contributed by atoms with Crippen molar-refractivity contribution in [2.24, 2.45) is 0 Å². The normalized spacial score (nSPS) is 12.6. The molecule has 0 unspecified atom stereocenters. The molecule has 164 valence electrons. The van der Waals surface area contributed by atoms with Crippen LogP contribution < -0.4 is 0 Å². The van der Waals surface area contributed by atoms with Crippen LogP contribution in [0.5, 0.6) is 0 Å². The van der Waals surface area contributed by atoms with E-state index in [4.69, 9.17) is 0 Å². The molecule has 0 fully saturated rings. The quantitative estimate of drug-likeness (QED) is 0.357. The summed E-state index contributed by atoms with van der Waals surface area (Å²) in [5.74, 6) is 6.50. The van der Waals surface area contributed by atoms with Gasteiger partial charge in [0.15, 0.2) is 0 Å². The molecule has 0 radical (unpaired) electrons. The Balaban J connectivity index is 1.52. The molecule has 0 amide bonds. The van der Waals surface area contributed by atoms with E-state index in [9.17, 15) is 5.11 Å². The van der Waals surface area contributed by atoms with E-state index in [0.29, 0.717) is 13.0 Å². The van der Waals surface area contributed by atoms with Crippen molar-refractivity contribution < 1.29 is 5.11 Å². The minimum atomic E-state index is -1.17. The molecule has 4 aromatic carbocycles. The zero-order valence-electron chi connectivity index (χ0n) is 19.0. The van der Waals surface area contributed by atoms with Gasteiger partial charge in [-0.1, -0.05) is 127 Å². The summed E-state index contributed by atoms with van der Waals surface area (Å²) in [5, 5.41) is 11.8. The second kappa shape index (κ2) is 10.8. The molecule has 33 heavy (non-hydrogen) atoms. The second-order valence-electron chi connectivity index (χ2n) is 8.36. The van der Waals surface area contributed by atoms with Crippen LogP contribution >= 0.6 is 0 Å². The van der Waals surface area contributed by atoms with Crippen LogP contribution in [0.3, 0.4) is 0 Å². The SMILES string of the molecule is CN(CC#CC[C@](O)(c1ccccc1)c1ccc(-c2ccccc2)cc1)Cc1ccccc1. The molecule has 4 rings (SSSR count). The molecule has 2 heteroatoms. The molecule has 0 heterocycles. The van der Waals surface area contributed by atoms with E-state index in [1.807, 2.05) is 66.7 Å². The highest BCUT2D eigenvalue weighted by molar-refractivity contribution is 5.64. The van der Waals surface area contributed by atoms with E-state index >= 15 is 0 Å². The molecule has 0 saturated heterocycles. The van der Waals surface area contributed by atoms with Crippen LogP contribution in [-0.2, 0) is 12.1 Å². The largest absolute Gasteiger partial charge is 0.379 e. The van der Waals surface area contributed by atoms with Crippen LogP contribution in [0.4, 0.5) is 0 Å². The zero-order valence-corrected chi connectivity index (χ0v) is 19.0.